The van der Waals surface area contributed by atoms with Crippen molar-refractivity contribution in [2.24, 2.45) is 0 Å². The first-order chi connectivity index (χ1) is 5.36. The third kappa shape index (κ3) is 1.05. The summed E-state index contributed by atoms with van der Waals surface area (Å²) in [5.74, 6) is 0. The summed E-state index contributed by atoms with van der Waals surface area (Å²) in [6.07, 6.45) is 5.83. The van der Waals surface area contributed by atoms with Crippen LogP contribution in [0.5, 0.6) is 0 Å². The standard InChI is InChI=1S/C8H9N3/c1-8-4-7-11(9-8)10-5-2-3-6-10/h2-7H,1H3. The van der Waals surface area contributed by atoms with Gasteiger partial charge in [0, 0.05) is 18.6 Å². The minimum absolute atomic E-state index is 1.03. The maximum atomic E-state index is 4.23. The molecule has 0 aliphatic heterocycles. The summed E-state index contributed by atoms with van der Waals surface area (Å²) in [5.41, 5.74) is 1.03. The van der Waals surface area contributed by atoms with E-state index in [1.165, 1.54) is 0 Å². The Morgan fingerprint density at radius 1 is 1.18 bits per heavy atom. The predicted octanol–water partition coefficient (Wildman–Crippen LogP) is 1.30. The Hall–Kier alpha value is -1.51. The van der Waals surface area contributed by atoms with Gasteiger partial charge in [0.25, 0.3) is 0 Å². The van der Waals surface area contributed by atoms with Crippen molar-refractivity contribution in [3.05, 3.63) is 42.5 Å². The fourth-order valence-corrected chi connectivity index (χ4v) is 0.993. The summed E-state index contributed by atoms with van der Waals surface area (Å²) >= 11 is 0. The smallest absolute Gasteiger partial charge is 0.0615 e. The molecule has 0 bridgehead atoms. The molecule has 0 aromatic carbocycles. The Kier molecular flexibility index (Phi) is 1.28. The van der Waals surface area contributed by atoms with Crippen LogP contribution in [0.3, 0.4) is 0 Å². The lowest BCUT2D eigenvalue weighted by Gasteiger charge is -1.99. The molecular weight excluding hydrogens is 138 g/mol. The van der Waals surface area contributed by atoms with Crippen LogP contribution < -0.4 is 0 Å². The molecule has 0 N–H and O–H groups in total. The molecule has 0 unspecified atom stereocenters. The quantitative estimate of drug-likeness (QED) is 0.596. The van der Waals surface area contributed by atoms with Gasteiger partial charge in [-0.05, 0) is 25.1 Å². The van der Waals surface area contributed by atoms with Crippen molar-refractivity contribution >= 4 is 0 Å². The molecule has 0 amide bonds. The summed E-state index contributed by atoms with van der Waals surface area (Å²) in [6.45, 7) is 1.97. The summed E-state index contributed by atoms with van der Waals surface area (Å²) in [4.78, 5) is 1.79. The van der Waals surface area contributed by atoms with Crippen LogP contribution in [0.15, 0.2) is 36.8 Å². The largest absolute Gasteiger partial charge is 0.248 e. The predicted molar refractivity (Wildman–Crippen MR) is 42.2 cm³/mol. The lowest BCUT2D eigenvalue weighted by Crippen LogP contribution is -2.06. The topological polar surface area (TPSA) is 22.8 Å². The highest BCUT2D eigenvalue weighted by Gasteiger charge is 1.92. The van der Waals surface area contributed by atoms with Crippen LogP contribution >= 0.6 is 0 Å². The zero-order valence-corrected chi connectivity index (χ0v) is 6.31. The SMILES string of the molecule is Cc1ccn(-n2cccc2)n1. The Morgan fingerprint density at radius 2 is 1.91 bits per heavy atom. The summed E-state index contributed by atoms with van der Waals surface area (Å²) in [7, 11) is 0. The number of hydrogen-bond donors (Lipinski definition) is 0. The van der Waals surface area contributed by atoms with Crippen LogP contribution in [0.25, 0.3) is 0 Å². The Morgan fingerprint density at radius 3 is 2.45 bits per heavy atom. The van der Waals surface area contributed by atoms with Crippen molar-refractivity contribution in [1.82, 2.24) is 14.6 Å². The van der Waals surface area contributed by atoms with E-state index in [4.69, 9.17) is 0 Å². The second-order valence-corrected chi connectivity index (χ2v) is 2.44. The molecule has 0 radical (unpaired) electrons. The normalized spacial score (nSPS) is 10.3. The molecule has 0 saturated carbocycles. The third-order valence-corrected chi connectivity index (χ3v) is 1.53. The summed E-state index contributed by atoms with van der Waals surface area (Å²) in [5, 5.41) is 4.23. The van der Waals surface area contributed by atoms with Crippen molar-refractivity contribution in [1.29, 1.82) is 0 Å². The molecule has 0 aliphatic carbocycles. The fraction of sp³-hybridized carbons (Fsp3) is 0.125. The van der Waals surface area contributed by atoms with Crippen LogP contribution in [0.2, 0.25) is 0 Å². The molecule has 0 aliphatic rings. The van der Waals surface area contributed by atoms with Gasteiger partial charge >= 0.3 is 0 Å². The molecule has 0 atom stereocenters. The minimum atomic E-state index is 1.03. The number of nitrogens with zero attached hydrogens (tertiary/aromatic N) is 3. The van der Waals surface area contributed by atoms with Gasteiger partial charge in [0.05, 0.1) is 5.69 Å². The maximum Gasteiger partial charge on any atom is 0.0615 e. The van der Waals surface area contributed by atoms with Gasteiger partial charge < -0.3 is 0 Å². The molecule has 3 nitrogen and oxygen atoms in total. The lowest BCUT2D eigenvalue weighted by atomic mass is 10.5. The summed E-state index contributed by atoms with van der Waals surface area (Å²) < 4.78 is 1.91. The van der Waals surface area contributed by atoms with Gasteiger partial charge in [0.2, 0.25) is 0 Å². The monoisotopic (exact) mass is 147 g/mol. The number of rotatable bonds is 1. The highest BCUT2D eigenvalue weighted by Crippen LogP contribution is 1.95. The van der Waals surface area contributed by atoms with E-state index in [0.29, 0.717) is 0 Å². The minimum Gasteiger partial charge on any atom is -0.248 e. The van der Waals surface area contributed by atoms with Crippen LogP contribution in [-0.2, 0) is 0 Å². The average molecular weight is 147 g/mol. The molecule has 0 spiro atoms. The second-order valence-electron chi connectivity index (χ2n) is 2.44. The molecule has 3 heteroatoms. The zero-order chi connectivity index (χ0) is 7.68. The molecule has 56 valence electrons. The van der Waals surface area contributed by atoms with E-state index in [1.807, 2.05) is 48.4 Å². The highest BCUT2D eigenvalue weighted by molar-refractivity contribution is 4.97. The van der Waals surface area contributed by atoms with Crippen LogP contribution in [0, 0.1) is 6.92 Å². The molecule has 2 aromatic heterocycles. The highest BCUT2D eigenvalue weighted by atomic mass is 15.6. The maximum absolute atomic E-state index is 4.23. The molecular formula is C8H9N3. The Bertz CT molecular complexity index is 332. The van der Waals surface area contributed by atoms with Gasteiger partial charge in [-0.1, -0.05) is 0 Å². The van der Waals surface area contributed by atoms with Crippen molar-refractivity contribution in [2.75, 3.05) is 0 Å². The zero-order valence-electron chi connectivity index (χ0n) is 6.31. The Balaban J connectivity index is 2.45. The van der Waals surface area contributed by atoms with E-state index < -0.39 is 0 Å². The summed E-state index contributed by atoms with van der Waals surface area (Å²) in [6, 6.07) is 5.91. The lowest BCUT2D eigenvalue weighted by molar-refractivity contribution is 0.572. The van der Waals surface area contributed by atoms with Crippen LogP contribution in [0.1, 0.15) is 5.69 Å². The van der Waals surface area contributed by atoms with Crippen molar-refractivity contribution in [3.8, 4) is 0 Å². The number of hydrogen-bond acceptors (Lipinski definition) is 1. The van der Waals surface area contributed by atoms with Crippen LogP contribution in [-0.4, -0.2) is 14.6 Å². The van der Waals surface area contributed by atoms with Gasteiger partial charge in [-0.15, -0.1) is 0 Å². The third-order valence-electron chi connectivity index (χ3n) is 1.53. The van der Waals surface area contributed by atoms with E-state index >= 15 is 0 Å². The van der Waals surface area contributed by atoms with Crippen LogP contribution in [0.4, 0.5) is 0 Å². The fourth-order valence-electron chi connectivity index (χ4n) is 0.993. The number of aromatic nitrogens is 3. The molecule has 2 rings (SSSR count). The van der Waals surface area contributed by atoms with Crippen molar-refractivity contribution in [2.45, 2.75) is 6.92 Å². The molecule has 2 heterocycles. The van der Waals surface area contributed by atoms with E-state index in [9.17, 15) is 0 Å². The average Bonchev–Trinajstić information content (AvgIpc) is 2.55. The molecule has 11 heavy (non-hydrogen) atoms. The number of aryl methyl sites for hydroxylation is 1. The first-order valence-corrected chi connectivity index (χ1v) is 3.52. The first kappa shape index (κ1) is 6.22. The molecule has 0 fully saturated rings. The van der Waals surface area contributed by atoms with Crippen molar-refractivity contribution in [3.63, 3.8) is 0 Å². The van der Waals surface area contributed by atoms with Gasteiger partial charge in [0.1, 0.15) is 0 Å². The first-order valence-electron chi connectivity index (χ1n) is 3.52. The van der Waals surface area contributed by atoms with Gasteiger partial charge in [0.15, 0.2) is 0 Å². The van der Waals surface area contributed by atoms with Gasteiger partial charge in [-0.3, -0.25) is 0 Å². The van der Waals surface area contributed by atoms with E-state index in [2.05, 4.69) is 5.10 Å². The van der Waals surface area contributed by atoms with Crippen molar-refractivity contribution < 1.29 is 0 Å². The second kappa shape index (κ2) is 2.27. The Labute approximate surface area is 64.8 Å². The van der Waals surface area contributed by atoms with E-state index in [-0.39, 0.29) is 0 Å². The molecule has 2 aromatic rings. The van der Waals surface area contributed by atoms with E-state index in [0.717, 1.165) is 5.69 Å². The van der Waals surface area contributed by atoms with Gasteiger partial charge in [-0.2, -0.15) is 9.89 Å². The van der Waals surface area contributed by atoms with E-state index in [1.54, 1.807) is 4.79 Å². The molecule has 0 saturated heterocycles. The van der Waals surface area contributed by atoms with Gasteiger partial charge in [-0.25, -0.2) is 4.68 Å².